The third-order valence-electron chi connectivity index (χ3n) is 3.63. The largest absolute Gasteiger partial charge is 0.390 e. The van der Waals surface area contributed by atoms with E-state index < -0.39 is 0 Å². The van der Waals surface area contributed by atoms with Gasteiger partial charge in [-0.1, -0.05) is 0 Å². The molecule has 4 bridgehead atoms. The predicted octanol–water partition coefficient (Wildman–Crippen LogP) is 0.652. The van der Waals surface area contributed by atoms with Crippen molar-refractivity contribution in [3.63, 3.8) is 0 Å². The fourth-order valence-electron chi connectivity index (χ4n) is 3.53. The van der Waals surface area contributed by atoms with E-state index in [2.05, 4.69) is 5.32 Å². The van der Waals surface area contributed by atoms with Crippen LogP contribution >= 0.6 is 0 Å². The summed E-state index contributed by atoms with van der Waals surface area (Å²) < 4.78 is 0. The van der Waals surface area contributed by atoms with E-state index in [-0.39, 0.29) is 5.60 Å². The first-order chi connectivity index (χ1) is 5.23. The van der Waals surface area contributed by atoms with Gasteiger partial charge in [-0.05, 0) is 38.0 Å². The highest BCUT2D eigenvalue weighted by atomic mass is 16.3. The van der Waals surface area contributed by atoms with Gasteiger partial charge in [0.05, 0.1) is 5.60 Å². The molecule has 2 saturated carbocycles. The van der Waals surface area contributed by atoms with Crippen LogP contribution in [-0.4, -0.2) is 22.8 Å². The Labute approximate surface area is 67.0 Å². The Hall–Kier alpha value is -0.0800. The van der Waals surface area contributed by atoms with Crippen LogP contribution in [0.3, 0.4) is 0 Å². The molecule has 2 heterocycles. The van der Waals surface area contributed by atoms with Crippen molar-refractivity contribution in [2.24, 2.45) is 5.92 Å². The van der Waals surface area contributed by atoms with Crippen molar-refractivity contribution in [2.75, 3.05) is 0 Å². The second-order valence-corrected chi connectivity index (χ2v) is 4.73. The molecular formula is C9H15NO. The quantitative estimate of drug-likeness (QED) is 0.535. The lowest BCUT2D eigenvalue weighted by molar-refractivity contribution is -0.100. The summed E-state index contributed by atoms with van der Waals surface area (Å²) in [6.07, 6.45) is 5.75. The van der Waals surface area contributed by atoms with Crippen molar-refractivity contribution in [3.8, 4) is 0 Å². The summed E-state index contributed by atoms with van der Waals surface area (Å²) in [7, 11) is 0. The molecular weight excluding hydrogens is 138 g/mol. The minimum atomic E-state index is -0.262. The lowest BCUT2D eigenvalue weighted by atomic mass is 9.62. The van der Waals surface area contributed by atoms with Gasteiger partial charge in [-0.2, -0.15) is 0 Å². The van der Waals surface area contributed by atoms with Gasteiger partial charge in [-0.25, -0.2) is 0 Å². The smallest absolute Gasteiger partial charge is 0.0680 e. The predicted molar refractivity (Wildman–Crippen MR) is 42.2 cm³/mol. The van der Waals surface area contributed by atoms with Crippen molar-refractivity contribution in [1.29, 1.82) is 0 Å². The Morgan fingerprint density at radius 2 is 1.73 bits per heavy atom. The minimum absolute atomic E-state index is 0.262. The zero-order valence-electron chi connectivity index (χ0n) is 6.71. The second kappa shape index (κ2) is 1.80. The maximum atomic E-state index is 10.1. The Kier molecular flexibility index (Phi) is 1.06. The topological polar surface area (TPSA) is 32.3 Å². The van der Waals surface area contributed by atoms with Crippen molar-refractivity contribution in [2.45, 2.75) is 49.8 Å². The van der Waals surface area contributed by atoms with Gasteiger partial charge in [0.2, 0.25) is 0 Å². The van der Waals surface area contributed by atoms with Gasteiger partial charge in [0.15, 0.2) is 0 Å². The van der Waals surface area contributed by atoms with Crippen LogP contribution in [0.25, 0.3) is 0 Å². The molecule has 0 aromatic rings. The number of rotatable bonds is 0. The molecule has 11 heavy (non-hydrogen) atoms. The van der Waals surface area contributed by atoms with Crippen LogP contribution in [0.1, 0.15) is 32.1 Å². The molecule has 0 radical (unpaired) electrons. The van der Waals surface area contributed by atoms with Gasteiger partial charge in [-0.15, -0.1) is 0 Å². The highest BCUT2D eigenvalue weighted by Crippen LogP contribution is 2.46. The Balaban J connectivity index is 1.94. The van der Waals surface area contributed by atoms with Crippen molar-refractivity contribution in [1.82, 2.24) is 5.32 Å². The lowest BCUT2D eigenvalue weighted by Crippen LogP contribution is -2.62. The fraction of sp³-hybridized carbons (Fsp3) is 1.00. The average Bonchev–Trinajstić information content (AvgIpc) is 1.79. The van der Waals surface area contributed by atoms with Gasteiger partial charge in [0.25, 0.3) is 0 Å². The van der Waals surface area contributed by atoms with E-state index in [1.54, 1.807) is 0 Å². The summed E-state index contributed by atoms with van der Waals surface area (Å²) in [5.74, 6) is 0.832. The average molecular weight is 153 g/mol. The first-order valence-electron chi connectivity index (χ1n) is 4.72. The molecule has 4 rings (SSSR count). The minimum Gasteiger partial charge on any atom is -0.390 e. The SMILES string of the molecule is OC12CC3CC(C1)NC(C3)C2. The summed E-state index contributed by atoms with van der Waals surface area (Å²) in [5.41, 5.74) is -0.262. The van der Waals surface area contributed by atoms with E-state index in [1.165, 1.54) is 12.8 Å². The standard InChI is InChI=1S/C9H15NO/c11-9-3-6-1-7(4-9)10-8(2-6)5-9/h6-8,10-11H,1-5H2. The molecule has 2 heteroatoms. The van der Waals surface area contributed by atoms with Gasteiger partial charge in [0, 0.05) is 12.1 Å². The molecule has 2 unspecified atom stereocenters. The van der Waals surface area contributed by atoms with E-state index in [9.17, 15) is 5.11 Å². The Morgan fingerprint density at radius 3 is 2.18 bits per heavy atom. The Bertz CT molecular complexity index is 155. The Morgan fingerprint density at radius 1 is 1.09 bits per heavy atom. The molecule has 62 valence electrons. The van der Waals surface area contributed by atoms with E-state index in [1.807, 2.05) is 0 Å². The molecule has 2 aliphatic carbocycles. The molecule has 2 atom stereocenters. The molecule has 0 amide bonds. The van der Waals surface area contributed by atoms with Gasteiger partial charge < -0.3 is 10.4 Å². The molecule has 0 spiro atoms. The normalized spacial score (nSPS) is 60.3. The van der Waals surface area contributed by atoms with Crippen LogP contribution in [0.5, 0.6) is 0 Å². The first kappa shape index (κ1) is 6.44. The van der Waals surface area contributed by atoms with E-state index >= 15 is 0 Å². The third-order valence-corrected chi connectivity index (χ3v) is 3.63. The van der Waals surface area contributed by atoms with Crippen LogP contribution in [0.15, 0.2) is 0 Å². The van der Waals surface area contributed by atoms with Gasteiger partial charge in [0.1, 0.15) is 0 Å². The van der Waals surface area contributed by atoms with Crippen LogP contribution < -0.4 is 5.32 Å². The van der Waals surface area contributed by atoms with E-state index in [0.717, 1.165) is 25.2 Å². The number of hydrogen-bond donors (Lipinski definition) is 2. The summed E-state index contributed by atoms with van der Waals surface area (Å²) >= 11 is 0. The number of aliphatic hydroxyl groups is 1. The van der Waals surface area contributed by atoms with Crippen molar-refractivity contribution >= 4 is 0 Å². The van der Waals surface area contributed by atoms with E-state index in [4.69, 9.17) is 0 Å². The van der Waals surface area contributed by atoms with Crippen molar-refractivity contribution in [3.05, 3.63) is 0 Å². The van der Waals surface area contributed by atoms with Crippen LogP contribution in [0.4, 0.5) is 0 Å². The van der Waals surface area contributed by atoms with E-state index in [0.29, 0.717) is 12.1 Å². The number of hydrogen-bond acceptors (Lipinski definition) is 2. The molecule has 2 saturated heterocycles. The zero-order chi connectivity index (χ0) is 7.47. The molecule has 0 aromatic heterocycles. The molecule has 0 aromatic carbocycles. The molecule has 2 aliphatic heterocycles. The second-order valence-electron chi connectivity index (χ2n) is 4.73. The molecule has 2 nitrogen and oxygen atoms in total. The lowest BCUT2D eigenvalue weighted by Gasteiger charge is -2.54. The van der Waals surface area contributed by atoms with Gasteiger partial charge in [-0.3, -0.25) is 0 Å². The highest BCUT2D eigenvalue weighted by molar-refractivity contribution is 5.06. The maximum absolute atomic E-state index is 10.1. The first-order valence-corrected chi connectivity index (χ1v) is 4.72. The third kappa shape index (κ3) is 0.859. The fourth-order valence-corrected chi connectivity index (χ4v) is 3.53. The summed E-state index contributed by atoms with van der Waals surface area (Å²) in [6, 6.07) is 1.29. The number of nitrogens with one attached hydrogen (secondary N) is 1. The van der Waals surface area contributed by atoms with Gasteiger partial charge >= 0.3 is 0 Å². The number of piperidine rings is 2. The monoisotopic (exact) mass is 153 g/mol. The summed E-state index contributed by atoms with van der Waals surface area (Å²) in [4.78, 5) is 0. The molecule has 2 N–H and O–H groups in total. The molecule has 4 fully saturated rings. The van der Waals surface area contributed by atoms with Crippen LogP contribution in [0, 0.1) is 5.92 Å². The highest BCUT2D eigenvalue weighted by Gasteiger charge is 2.49. The van der Waals surface area contributed by atoms with Crippen LogP contribution in [-0.2, 0) is 0 Å². The maximum Gasteiger partial charge on any atom is 0.0680 e. The van der Waals surface area contributed by atoms with Crippen molar-refractivity contribution < 1.29 is 5.11 Å². The molecule has 4 aliphatic rings. The summed E-state index contributed by atoms with van der Waals surface area (Å²) in [6.45, 7) is 0. The zero-order valence-corrected chi connectivity index (χ0v) is 6.71. The summed E-state index contributed by atoms with van der Waals surface area (Å²) in [5, 5.41) is 13.6. The van der Waals surface area contributed by atoms with Crippen LogP contribution in [0.2, 0.25) is 0 Å².